The van der Waals surface area contributed by atoms with Crippen molar-refractivity contribution in [3.8, 4) is 5.75 Å². The lowest BCUT2D eigenvalue weighted by Crippen LogP contribution is -2.50. The molecule has 4 heteroatoms. The molecule has 3 rings (SSSR count). The predicted octanol–water partition coefficient (Wildman–Crippen LogP) is 1.90. The van der Waals surface area contributed by atoms with Gasteiger partial charge in [0.2, 0.25) is 0 Å². The maximum Gasteiger partial charge on any atom is 0.163 e. The van der Waals surface area contributed by atoms with Gasteiger partial charge >= 0.3 is 0 Å². The summed E-state index contributed by atoms with van der Waals surface area (Å²) in [5.41, 5.74) is 3.33. The molecule has 0 unspecified atom stereocenters. The van der Waals surface area contributed by atoms with Crippen molar-refractivity contribution >= 4 is 0 Å². The Labute approximate surface area is 113 Å². The van der Waals surface area contributed by atoms with Crippen LogP contribution >= 0.6 is 0 Å². The second kappa shape index (κ2) is 5.05. The van der Waals surface area contributed by atoms with E-state index in [1.165, 1.54) is 5.56 Å². The van der Waals surface area contributed by atoms with E-state index in [-0.39, 0.29) is 0 Å². The zero-order chi connectivity index (χ0) is 13.2. The average Bonchev–Trinajstić information content (AvgIpc) is 2.61. The maximum absolute atomic E-state index is 5.98. The van der Waals surface area contributed by atoms with Crippen molar-refractivity contribution in [1.82, 2.24) is 15.1 Å². The summed E-state index contributed by atoms with van der Waals surface area (Å²) in [4.78, 5) is 0. The molecule has 0 bridgehead atoms. The van der Waals surface area contributed by atoms with Crippen molar-refractivity contribution < 1.29 is 4.74 Å². The van der Waals surface area contributed by atoms with Crippen molar-refractivity contribution in [1.29, 1.82) is 0 Å². The van der Waals surface area contributed by atoms with Gasteiger partial charge in [-0.15, -0.1) is 0 Å². The Hall–Kier alpha value is -1.81. The molecule has 0 amide bonds. The maximum atomic E-state index is 5.98. The number of hydrogen-bond acceptors (Lipinski definition) is 3. The Morgan fingerprint density at radius 2 is 2.00 bits per heavy atom. The molecular weight excluding hydrogens is 238 g/mol. The summed E-state index contributed by atoms with van der Waals surface area (Å²) in [7, 11) is 0. The highest BCUT2D eigenvalue weighted by Crippen LogP contribution is 2.24. The average molecular weight is 257 g/mol. The summed E-state index contributed by atoms with van der Waals surface area (Å²) >= 11 is 0. The van der Waals surface area contributed by atoms with E-state index in [0.717, 1.165) is 36.8 Å². The Kier molecular flexibility index (Phi) is 3.25. The van der Waals surface area contributed by atoms with Gasteiger partial charge in [0.25, 0.3) is 0 Å². The third-order valence-corrected chi connectivity index (χ3v) is 3.52. The first-order chi connectivity index (χ1) is 9.24. The van der Waals surface area contributed by atoms with Gasteiger partial charge in [0.1, 0.15) is 11.8 Å². The van der Waals surface area contributed by atoms with Crippen molar-refractivity contribution in [2.45, 2.75) is 26.5 Å². The zero-order valence-corrected chi connectivity index (χ0v) is 11.4. The zero-order valence-electron chi connectivity index (χ0n) is 11.4. The molecule has 1 aromatic carbocycles. The molecule has 19 heavy (non-hydrogen) atoms. The van der Waals surface area contributed by atoms with E-state index >= 15 is 0 Å². The largest absolute Gasteiger partial charge is 0.484 e. The van der Waals surface area contributed by atoms with Crippen molar-refractivity contribution in [3.05, 3.63) is 47.3 Å². The van der Waals surface area contributed by atoms with Gasteiger partial charge in [-0.25, -0.2) is 0 Å². The minimum absolute atomic E-state index is 0.298. The Balaban J connectivity index is 1.80. The van der Waals surface area contributed by atoms with Gasteiger partial charge in [0.15, 0.2) is 5.75 Å². The highest BCUT2D eigenvalue weighted by atomic mass is 16.5. The summed E-state index contributed by atoms with van der Waals surface area (Å²) in [5, 5.41) is 7.80. The second-order valence-electron chi connectivity index (χ2n) is 5.04. The van der Waals surface area contributed by atoms with E-state index in [1.807, 2.05) is 17.7 Å². The Morgan fingerprint density at radius 1 is 1.26 bits per heavy atom. The summed E-state index contributed by atoms with van der Waals surface area (Å²) in [6.45, 7) is 6.74. The fraction of sp³-hybridized carbons (Fsp3) is 0.400. The summed E-state index contributed by atoms with van der Waals surface area (Å²) in [6, 6.07) is 10.4. The molecule has 1 aliphatic heterocycles. The van der Waals surface area contributed by atoms with Gasteiger partial charge < -0.3 is 10.1 Å². The van der Waals surface area contributed by atoms with Crippen molar-refractivity contribution in [3.63, 3.8) is 0 Å². The molecule has 1 aliphatic rings. The van der Waals surface area contributed by atoms with E-state index < -0.39 is 0 Å². The molecule has 100 valence electrons. The molecule has 4 nitrogen and oxygen atoms in total. The number of nitrogens with one attached hydrogen (secondary N) is 1. The number of nitrogens with zero attached hydrogens (tertiary/aromatic N) is 2. The fourth-order valence-electron chi connectivity index (χ4n) is 2.27. The van der Waals surface area contributed by atoms with Crippen molar-refractivity contribution in [2.24, 2.45) is 0 Å². The first-order valence-corrected chi connectivity index (χ1v) is 6.69. The topological polar surface area (TPSA) is 39.1 Å². The van der Waals surface area contributed by atoms with Gasteiger partial charge in [-0.3, -0.25) is 4.68 Å². The van der Waals surface area contributed by atoms with Crippen LogP contribution in [-0.4, -0.2) is 29.0 Å². The predicted molar refractivity (Wildman–Crippen MR) is 74.5 cm³/mol. The third kappa shape index (κ3) is 2.49. The molecule has 0 saturated carbocycles. The second-order valence-corrected chi connectivity index (χ2v) is 5.04. The molecule has 2 aromatic rings. The van der Waals surface area contributed by atoms with Gasteiger partial charge in [-0.05, 0) is 19.4 Å². The lowest BCUT2D eigenvalue weighted by molar-refractivity contribution is 0.140. The van der Waals surface area contributed by atoms with Crippen LogP contribution in [0.4, 0.5) is 0 Å². The van der Waals surface area contributed by atoms with E-state index in [2.05, 4.69) is 41.6 Å². The molecule has 1 saturated heterocycles. The smallest absolute Gasteiger partial charge is 0.163 e. The molecule has 0 aliphatic carbocycles. The molecule has 1 fully saturated rings. The van der Waals surface area contributed by atoms with Crippen LogP contribution in [-0.2, 0) is 6.54 Å². The Morgan fingerprint density at radius 3 is 2.63 bits per heavy atom. The molecule has 0 radical (unpaired) electrons. The molecule has 1 aromatic heterocycles. The van der Waals surface area contributed by atoms with Gasteiger partial charge in [-0.1, -0.05) is 30.3 Å². The van der Waals surface area contributed by atoms with Gasteiger partial charge in [-0.2, -0.15) is 5.10 Å². The van der Waals surface area contributed by atoms with Crippen LogP contribution in [0.5, 0.6) is 5.75 Å². The van der Waals surface area contributed by atoms with E-state index in [9.17, 15) is 0 Å². The lowest BCUT2D eigenvalue weighted by Gasteiger charge is -2.27. The van der Waals surface area contributed by atoms with Crippen LogP contribution < -0.4 is 10.1 Å². The summed E-state index contributed by atoms with van der Waals surface area (Å²) in [5.74, 6) is 0.947. The van der Waals surface area contributed by atoms with Gasteiger partial charge in [0.05, 0.1) is 12.2 Å². The van der Waals surface area contributed by atoms with Crippen LogP contribution in [0, 0.1) is 13.8 Å². The normalized spacial score (nSPS) is 15.3. The number of benzene rings is 1. The summed E-state index contributed by atoms with van der Waals surface area (Å²) < 4.78 is 8.00. The molecular formula is C15H19N3O. The number of aryl methyl sites for hydroxylation is 1. The third-order valence-electron chi connectivity index (χ3n) is 3.52. The summed E-state index contributed by atoms with van der Waals surface area (Å²) in [6.07, 6.45) is 0.298. The Bertz CT molecular complexity index is 558. The van der Waals surface area contributed by atoms with Crippen molar-refractivity contribution in [2.75, 3.05) is 13.1 Å². The monoisotopic (exact) mass is 257 g/mol. The fourth-order valence-corrected chi connectivity index (χ4v) is 2.27. The van der Waals surface area contributed by atoms with E-state index in [4.69, 9.17) is 4.74 Å². The molecule has 0 spiro atoms. The first kappa shape index (κ1) is 12.2. The van der Waals surface area contributed by atoms with E-state index in [1.54, 1.807) is 0 Å². The first-order valence-electron chi connectivity index (χ1n) is 6.69. The highest BCUT2D eigenvalue weighted by Gasteiger charge is 2.22. The minimum atomic E-state index is 0.298. The minimum Gasteiger partial charge on any atom is -0.484 e. The number of hydrogen-bond donors (Lipinski definition) is 1. The quantitative estimate of drug-likeness (QED) is 0.909. The van der Waals surface area contributed by atoms with Crippen LogP contribution in [0.2, 0.25) is 0 Å². The van der Waals surface area contributed by atoms with Crippen LogP contribution in [0.3, 0.4) is 0 Å². The molecule has 1 N–H and O–H groups in total. The standard InChI is InChI=1S/C15H19N3O/c1-11-15(19-14-8-16-9-14)12(2)18(17-11)10-13-6-4-3-5-7-13/h3-7,14,16H,8-10H2,1-2H3. The number of ether oxygens (including phenoxy) is 1. The number of aromatic nitrogens is 2. The van der Waals surface area contributed by atoms with Crippen LogP contribution in [0.25, 0.3) is 0 Å². The molecule has 0 atom stereocenters. The SMILES string of the molecule is Cc1nn(Cc2ccccc2)c(C)c1OC1CNC1. The lowest BCUT2D eigenvalue weighted by atomic mass is 10.2. The highest BCUT2D eigenvalue weighted by molar-refractivity contribution is 5.33. The van der Waals surface area contributed by atoms with E-state index in [0.29, 0.717) is 6.10 Å². The molecule has 2 heterocycles. The van der Waals surface area contributed by atoms with Crippen LogP contribution in [0.1, 0.15) is 17.0 Å². The van der Waals surface area contributed by atoms with Crippen LogP contribution in [0.15, 0.2) is 30.3 Å². The number of rotatable bonds is 4. The van der Waals surface area contributed by atoms with Gasteiger partial charge in [0, 0.05) is 13.1 Å².